The number of piperidine rings is 1. The first-order chi connectivity index (χ1) is 8.74. The summed E-state index contributed by atoms with van der Waals surface area (Å²) in [5, 5.41) is 9.38. The highest BCUT2D eigenvalue weighted by Crippen LogP contribution is 2.08. The third-order valence-electron chi connectivity index (χ3n) is 2.74. The fraction of sp³-hybridized carbons (Fsp3) is 0.727. The first kappa shape index (κ1) is 13.0. The van der Waals surface area contributed by atoms with E-state index in [9.17, 15) is 4.79 Å². The van der Waals surface area contributed by atoms with Gasteiger partial charge in [0.15, 0.2) is 5.82 Å². The second kappa shape index (κ2) is 6.46. The number of carbonyl (C=O) groups excluding carboxylic acids is 1. The minimum Gasteiger partial charge on any atom is -0.378 e. The summed E-state index contributed by atoms with van der Waals surface area (Å²) in [6.45, 7) is 4.08. The number of ether oxygens (including phenoxy) is 1. The van der Waals surface area contributed by atoms with Crippen LogP contribution in [0.2, 0.25) is 0 Å². The molecule has 1 aliphatic heterocycles. The maximum Gasteiger partial charge on any atom is 0.328 e. The number of aromatic nitrogens is 2. The van der Waals surface area contributed by atoms with Crippen molar-refractivity contribution < 1.29 is 14.1 Å². The van der Waals surface area contributed by atoms with Crippen molar-refractivity contribution in [2.24, 2.45) is 0 Å². The zero-order valence-electron chi connectivity index (χ0n) is 10.4. The monoisotopic (exact) mass is 254 g/mol. The Morgan fingerprint density at radius 2 is 2.33 bits per heavy atom. The van der Waals surface area contributed by atoms with Gasteiger partial charge in [-0.1, -0.05) is 5.16 Å². The number of hydrogen-bond acceptors (Lipinski definition) is 6. The predicted octanol–water partition coefficient (Wildman–Crippen LogP) is 0.475. The fourth-order valence-electron chi connectivity index (χ4n) is 1.81. The Labute approximate surface area is 105 Å². The molecule has 18 heavy (non-hydrogen) atoms. The number of aryl methyl sites for hydroxylation is 1. The van der Waals surface area contributed by atoms with E-state index in [1.807, 2.05) is 0 Å². The zero-order chi connectivity index (χ0) is 12.8. The molecule has 0 aliphatic carbocycles. The summed E-state index contributed by atoms with van der Waals surface area (Å²) in [6.07, 6.45) is 2.57. The van der Waals surface area contributed by atoms with Gasteiger partial charge < -0.3 is 14.6 Å². The van der Waals surface area contributed by atoms with Gasteiger partial charge in [0.25, 0.3) is 0 Å². The van der Waals surface area contributed by atoms with Gasteiger partial charge in [-0.15, -0.1) is 0 Å². The lowest BCUT2D eigenvalue weighted by molar-refractivity contribution is -0.118. The second-order valence-electron chi connectivity index (χ2n) is 4.27. The Bertz CT molecular complexity index is 387. The van der Waals surface area contributed by atoms with E-state index in [-0.39, 0.29) is 18.0 Å². The molecule has 1 aromatic heterocycles. The quantitative estimate of drug-likeness (QED) is 0.794. The molecule has 0 radical (unpaired) electrons. The Morgan fingerprint density at radius 3 is 3.00 bits per heavy atom. The first-order valence-electron chi connectivity index (χ1n) is 6.16. The maximum atomic E-state index is 11.5. The van der Waals surface area contributed by atoms with Crippen LogP contribution in [0.3, 0.4) is 0 Å². The minimum atomic E-state index is -0.174. The van der Waals surface area contributed by atoms with Gasteiger partial charge in [-0.05, 0) is 32.9 Å². The van der Waals surface area contributed by atoms with E-state index >= 15 is 0 Å². The molecule has 1 amide bonds. The summed E-state index contributed by atoms with van der Waals surface area (Å²) < 4.78 is 10.4. The summed E-state index contributed by atoms with van der Waals surface area (Å²) in [6, 6.07) is 0.138. The molecule has 2 heterocycles. The molecule has 0 spiro atoms. The van der Waals surface area contributed by atoms with E-state index in [4.69, 9.17) is 9.26 Å². The van der Waals surface area contributed by atoms with Crippen molar-refractivity contribution in [3.05, 3.63) is 5.82 Å². The Hall–Kier alpha value is -1.47. The van der Waals surface area contributed by atoms with Gasteiger partial charge in [-0.25, -0.2) is 0 Å². The number of rotatable bonds is 5. The van der Waals surface area contributed by atoms with Gasteiger partial charge in [-0.2, -0.15) is 4.98 Å². The number of anilines is 1. The number of nitrogens with one attached hydrogen (secondary N) is 2. The SMILES string of the molecule is Cc1noc(NC(=O)CCOC2CCNCC2)n1. The molecular weight excluding hydrogens is 236 g/mol. The van der Waals surface area contributed by atoms with Crippen LogP contribution in [0.1, 0.15) is 25.1 Å². The van der Waals surface area contributed by atoms with Crippen molar-refractivity contribution >= 4 is 11.9 Å². The van der Waals surface area contributed by atoms with Gasteiger partial charge in [0.2, 0.25) is 5.91 Å². The molecule has 0 atom stereocenters. The molecular formula is C11H18N4O3. The van der Waals surface area contributed by atoms with Gasteiger partial charge in [0.1, 0.15) is 0 Å². The van der Waals surface area contributed by atoms with E-state index in [1.165, 1.54) is 0 Å². The Balaban J connectivity index is 1.62. The average Bonchev–Trinajstić information content (AvgIpc) is 2.76. The normalized spacial score (nSPS) is 16.7. The molecule has 0 aromatic carbocycles. The van der Waals surface area contributed by atoms with Crippen LogP contribution in [0, 0.1) is 6.92 Å². The molecule has 1 aliphatic rings. The van der Waals surface area contributed by atoms with Crippen molar-refractivity contribution in [2.75, 3.05) is 25.0 Å². The van der Waals surface area contributed by atoms with Crippen molar-refractivity contribution in [3.63, 3.8) is 0 Å². The van der Waals surface area contributed by atoms with Crippen LogP contribution < -0.4 is 10.6 Å². The third-order valence-corrected chi connectivity index (χ3v) is 2.74. The Kier molecular flexibility index (Phi) is 4.66. The van der Waals surface area contributed by atoms with Crippen molar-refractivity contribution in [2.45, 2.75) is 32.3 Å². The van der Waals surface area contributed by atoms with Gasteiger partial charge in [-0.3, -0.25) is 10.1 Å². The van der Waals surface area contributed by atoms with Crippen molar-refractivity contribution in [1.82, 2.24) is 15.5 Å². The maximum absolute atomic E-state index is 11.5. The summed E-state index contributed by atoms with van der Waals surface area (Å²) in [7, 11) is 0. The molecule has 2 rings (SSSR count). The molecule has 0 unspecified atom stereocenters. The van der Waals surface area contributed by atoms with Crippen LogP contribution in [-0.4, -0.2) is 41.8 Å². The molecule has 100 valence electrons. The highest BCUT2D eigenvalue weighted by atomic mass is 16.5. The van der Waals surface area contributed by atoms with E-state index in [0.717, 1.165) is 25.9 Å². The van der Waals surface area contributed by atoms with Crippen LogP contribution in [0.5, 0.6) is 0 Å². The van der Waals surface area contributed by atoms with E-state index < -0.39 is 0 Å². The van der Waals surface area contributed by atoms with Crippen LogP contribution in [-0.2, 0) is 9.53 Å². The van der Waals surface area contributed by atoms with Gasteiger partial charge in [0.05, 0.1) is 19.1 Å². The lowest BCUT2D eigenvalue weighted by Gasteiger charge is -2.22. The lowest BCUT2D eigenvalue weighted by atomic mass is 10.1. The first-order valence-corrected chi connectivity index (χ1v) is 6.16. The van der Waals surface area contributed by atoms with E-state index in [2.05, 4.69) is 20.8 Å². The summed E-state index contributed by atoms with van der Waals surface area (Å²) in [5.74, 6) is 0.323. The summed E-state index contributed by atoms with van der Waals surface area (Å²) >= 11 is 0. The molecule has 0 saturated carbocycles. The molecule has 7 heteroatoms. The molecule has 2 N–H and O–H groups in total. The van der Waals surface area contributed by atoms with Crippen LogP contribution >= 0.6 is 0 Å². The molecule has 7 nitrogen and oxygen atoms in total. The van der Waals surface area contributed by atoms with Crippen molar-refractivity contribution in [3.8, 4) is 0 Å². The molecule has 1 aromatic rings. The highest BCUT2D eigenvalue weighted by molar-refractivity contribution is 5.88. The largest absolute Gasteiger partial charge is 0.378 e. The van der Waals surface area contributed by atoms with Crippen LogP contribution in [0.25, 0.3) is 0 Å². The minimum absolute atomic E-state index is 0.138. The summed E-state index contributed by atoms with van der Waals surface area (Å²) in [4.78, 5) is 15.4. The number of carbonyl (C=O) groups is 1. The second-order valence-corrected chi connectivity index (χ2v) is 4.27. The Morgan fingerprint density at radius 1 is 1.56 bits per heavy atom. The molecule has 0 bridgehead atoms. The summed E-state index contributed by atoms with van der Waals surface area (Å²) in [5.41, 5.74) is 0. The van der Waals surface area contributed by atoms with Gasteiger partial charge >= 0.3 is 6.01 Å². The van der Waals surface area contributed by atoms with E-state index in [0.29, 0.717) is 18.9 Å². The lowest BCUT2D eigenvalue weighted by Crippen LogP contribution is -2.33. The highest BCUT2D eigenvalue weighted by Gasteiger charge is 2.14. The standard InChI is InChI=1S/C11H18N4O3/c1-8-13-11(18-15-8)14-10(16)4-7-17-9-2-5-12-6-3-9/h9,12H,2-7H2,1H3,(H,13,14,15,16). The third kappa shape index (κ3) is 4.08. The topological polar surface area (TPSA) is 89.3 Å². The van der Waals surface area contributed by atoms with Gasteiger partial charge in [0, 0.05) is 0 Å². The number of hydrogen-bond donors (Lipinski definition) is 2. The average molecular weight is 254 g/mol. The smallest absolute Gasteiger partial charge is 0.328 e. The number of amides is 1. The predicted molar refractivity (Wildman–Crippen MR) is 64.1 cm³/mol. The van der Waals surface area contributed by atoms with Crippen LogP contribution in [0.15, 0.2) is 4.52 Å². The number of nitrogens with zero attached hydrogens (tertiary/aromatic N) is 2. The van der Waals surface area contributed by atoms with Crippen LogP contribution in [0.4, 0.5) is 6.01 Å². The zero-order valence-corrected chi connectivity index (χ0v) is 10.4. The van der Waals surface area contributed by atoms with Crippen molar-refractivity contribution in [1.29, 1.82) is 0 Å². The molecule has 1 saturated heterocycles. The fourth-order valence-corrected chi connectivity index (χ4v) is 1.81. The van der Waals surface area contributed by atoms with E-state index in [1.54, 1.807) is 6.92 Å². The molecule has 1 fully saturated rings.